The molecule has 2 amide bonds. The fourth-order valence-corrected chi connectivity index (χ4v) is 3.49. The molecule has 1 aromatic carbocycles. The second kappa shape index (κ2) is 8.54. The molecule has 0 atom stereocenters. The number of nitrogens with one attached hydrogen (secondary N) is 2. The second-order valence-corrected chi connectivity index (χ2v) is 7.11. The molecule has 0 unspecified atom stereocenters. The summed E-state index contributed by atoms with van der Waals surface area (Å²) in [6, 6.07) is 14.0. The van der Waals surface area contributed by atoms with Gasteiger partial charge in [-0.25, -0.2) is 0 Å². The van der Waals surface area contributed by atoms with Crippen LogP contribution < -0.4 is 10.6 Å². The summed E-state index contributed by atoms with van der Waals surface area (Å²) in [4.78, 5) is 26.0. The number of anilines is 1. The summed E-state index contributed by atoms with van der Waals surface area (Å²) in [6.45, 7) is 0.311. The van der Waals surface area contributed by atoms with Crippen molar-refractivity contribution >= 4 is 40.4 Å². The maximum absolute atomic E-state index is 12.0. The van der Waals surface area contributed by atoms with E-state index in [-0.39, 0.29) is 11.3 Å². The molecule has 0 aliphatic carbocycles. The van der Waals surface area contributed by atoms with E-state index in [2.05, 4.69) is 10.6 Å². The molecular weight excluding hydrogens is 386 g/mol. The molecule has 3 rings (SSSR count). The van der Waals surface area contributed by atoms with Crippen molar-refractivity contribution in [3.63, 3.8) is 0 Å². The van der Waals surface area contributed by atoms with E-state index in [0.29, 0.717) is 18.0 Å². The van der Waals surface area contributed by atoms with Gasteiger partial charge in [-0.2, -0.15) is 5.26 Å². The minimum absolute atomic E-state index is 0.200. The number of carbonyl (C=O) groups is 2. The van der Waals surface area contributed by atoms with Crippen molar-refractivity contribution in [1.82, 2.24) is 5.32 Å². The SMILES string of the molecule is N#Cc1ccc(Cl)cc1NC(=O)C(=O)NCCc1ccc(-c2ccco2)s1. The van der Waals surface area contributed by atoms with Gasteiger partial charge in [0, 0.05) is 16.4 Å². The van der Waals surface area contributed by atoms with Crippen molar-refractivity contribution in [2.45, 2.75) is 6.42 Å². The Labute approximate surface area is 164 Å². The number of rotatable bonds is 5. The smallest absolute Gasteiger partial charge is 0.313 e. The standard InChI is InChI=1S/C19H14ClN3O3S/c20-13-4-3-12(11-21)15(10-13)23-19(25)18(24)22-8-7-14-5-6-17(27-14)16-2-1-9-26-16/h1-6,9-10H,7-8H2,(H,22,24)(H,23,25). The van der Waals surface area contributed by atoms with Gasteiger partial charge in [-0.15, -0.1) is 11.3 Å². The fourth-order valence-electron chi connectivity index (χ4n) is 2.34. The number of carbonyl (C=O) groups excluding carboxylic acids is 2. The molecule has 0 radical (unpaired) electrons. The molecule has 2 aromatic heterocycles. The first-order chi connectivity index (χ1) is 13.1. The van der Waals surface area contributed by atoms with E-state index < -0.39 is 11.8 Å². The van der Waals surface area contributed by atoms with Crippen molar-refractivity contribution in [2.75, 3.05) is 11.9 Å². The van der Waals surface area contributed by atoms with Gasteiger partial charge in [0.1, 0.15) is 11.8 Å². The number of benzene rings is 1. The van der Waals surface area contributed by atoms with Crippen LogP contribution in [-0.2, 0) is 16.0 Å². The fraction of sp³-hybridized carbons (Fsp3) is 0.105. The van der Waals surface area contributed by atoms with E-state index >= 15 is 0 Å². The molecule has 6 nitrogen and oxygen atoms in total. The monoisotopic (exact) mass is 399 g/mol. The van der Waals surface area contributed by atoms with Crippen LogP contribution in [-0.4, -0.2) is 18.4 Å². The maximum Gasteiger partial charge on any atom is 0.313 e. The average molecular weight is 400 g/mol. The quantitative estimate of drug-likeness (QED) is 0.637. The molecule has 0 saturated heterocycles. The van der Waals surface area contributed by atoms with Crippen LogP contribution in [0.4, 0.5) is 5.69 Å². The molecule has 2 heterocycles. The Morgan fingerprint density at radius 1 is 1.19 bits per heavy atom. The highest BCUT2D eigenvalue weighted by molar-refractivity contribution is 7.15. The highest BCUT2D eigenvalue weighted by Crippen LogP contribution is 2.28. The number of nitrogens with zero attached hydrogens (tertiary/aromatic N) is 1. The third kappa shape index (κ3) is 4.76. The van der Waals surface area contributed by atoms with Crippen molar-refractivity contribution in [3.05, 3.63) is 64.2 Å². The zero-order chi connectivity index (χ0) is 19.2. The minimum Gasteiger partial charge on any atom is -0.464 e. The Balaban J connectivity index is 1.52. The van der Waals surface area contributed by atoms with Gasteiger partial charge in [-0.3, -0.25) is 9.59 Å². The molecule has 27 heavy (non-hydrogen) atoms. The van der Waals surface area contributed by atoms with E-state index in [9.17, 15) is 9.59 Å². The largest absolute Gasteiger partial charge is 0.464 e. The molecule has 3 aromatic rings. The Morgan fingerprint density at radius 2 is 2.04 bits per heavy atom. The third-order valence-electron chi connectivity index (χ3n) is 3.64. The highest BCUT2D eigenvalue weighted by atomic mass is 35.5. The Kier molecular flexibility index (Phi) is 5.91. The first-order valence-electron chi connectivity index (χ1n) is 7.98. The van der Waals surface area contributed by atoms with Gasteiger partial charge in [-0.05, 0) is 48.9 Å². The minimum atomic E-state index is -0.851. The van der Waals surface area contributed by atoms with Gasteiger partial charge in [0.05, 0.1) is 22.4 Å². The molecule has 136 valence electrons. The lowest BCUT2D eigenvalue weighted by Gasteiger charge is -2.08. The number of nitriles is 1. The molecule has 8 heteroatoms. The number of halogens is 1. The summed E-state index contributed by atoms with van der Waals surface area (Å²) < 4.78 is 5.35. The Hall–Kier alpha value is -3.08. The number of amides is 2. The van der Waals surface area contributed by atoms with E-state index in [4.69, 9.17) is 21.3 Å². The number of hydrogen-bond donors (Lipinski definition) is 2. The van der Waals surface area contributed by atoms with Crippen LogP contribution in [0.5, 0.6) is 0 Å². The molecule has 0 aliphatic heterocycles. The molecule has 0 spiro atoms. The van der Waals surface area contributed by atoms with Gasteiger partial charge in [0.25, 0.3) is 0 Å². The lowest BCUT2D eigenvalue weighted by atomic mass is 10.2. The molecule has 0 fully saturated rings. The van der Waals surface area contributed by atoms with E-state index in [0.717, 1.165) is 15.5 Å². The van der Waals surface area contributed by atoms with Crippen LogP contribution in [0.1, 0.15) is 10.4 Å². The van der Waals surface area contributed by atoms with Crippen molar-refractivity contribution in [1.29, 1.82) is 5.26 Å². The first kappa shape index (κ1) is 18.7. The lowest BCUT2D eigenvalue weighted by molar-refractivity contribution is -0.136. The predicted molar refractivity (Wildman–Crippen MR) is 104 cm³/mol. The van der Waals surface area contributed by atoms with Crippen molar-refractivity contribution in [3.8, 4) is 16.7 Å². The summed E-state index contributed by atoms with van der Waals surface area (Å²) >= 11 is 7.42. The summed E-state index contributed by atoms with van der Waals surface area (Å²) in [5.41, 5.74) is 0.427. The first-order valence-corrected chi connectivity index (χ1v) is 9.17. The van der Waals surface area contributed by atoms with Gasteiger partial charge >= 0.3 is 11.8 Å². The maximum atomic E-state index is 12.0. The van der Waals surface area contributed by atoms with E-state index in [1.165, 1.54) is 18.2 Å². The summed E-state index contributed by atoms with van der Waals surface area (Å²) in [5, 5.41) is 14.4. The normalized spacial score (nSPS) is 10.2. The van der Waals surface area contributed by atoms with E-state index in [1.807, 2.05) is 30.3 Å². The number of thiophene rings is 1. The van der Waals surface area contributed by atoms with Crippen LogP contribution in [0.3, 0.4) is 0 Å². The van der Waals surface area contributed by atoms with E-state index in [1.54, 1.807) is 17.6 Å². The Bertz CT molecular complexity index is 1010. The van der Waals surface area contributed by atoms with Crippen LogP contribution in [0.2, 0.25) is 5.02 Å². The van der Waals surface area contributed by atoms with Crippen molar-refractivity contribution < 1.29 is 14.0 Å². The van der Waals surface area contributed by atoms with Crippen LogP contribution in [0.15, 0.2) is 53.1 Å². The predicted octanol–water partition coefficient (Wildman–Crippen LogP) is 3.83. The van der Waals surface area contributed by atoms with Gasteiger partial charge in [0.15, 0.2) is 0 Å². The molecule has 0 bridgehead atoms. The van der Waals surface area contributed by atoms with Gasteiger partial charge in [-0.1, -0.05) is 11.6 Å². The zero-order valence-electron chi connectivity index (χ0n) is 14.0. The topological polar surface area (TPSA) is 95.1 Å². The van der Waals surface area contributed by atoms with Crippen molar-refractivity contribution in [2.24, 2.45) is 0 Å². The van der Waals surface area contributed by atoms with Crippen LogP contribution in [0.25, 0.3) is 10.6 Å². The Morgan fingerprint density at radius 3 is 2.78 bits per heavy atom. The van der Waals surface area contributed by atoms with Gasteiger partial charge in [0.2, 0.25) is 0 Å². The molecule has 0 saturated carbocycles. The average Bonchev–Trinajstić information content (AvgIpc) is 3.33. The molecule has 2 N–H and O–H groups in total. The number of furan rings is 1. The van der Waals surface area contributed by atoms with Crippen LogP contribution >= 0.6 is 22.9 Å². The van der Waals surface area contributed by atoms with Crippen LogP contribution in [0, 0.1) is 11.3 Å². The highest BCUT2D eigenvalue weighted by Gasteiger charge is 2.15. The second-order valence-electron chi connectivity index (χ2n) is 5.50. The zero-order valence-corrected chi connectivity index (χ0v) is 15.6. The molecule has 0 aliphatic rings. The summed E-state index contributed by atoms with van der Waals surface area (Å²) in [7, 11) is 0. The molecular formula is C19H14ClN3O3S. The summed E-state index contributed by atoms with van der Waals surface area (Å²) in [5.74, 6) is -0.831. The summed E-state index contributed by atoms with van der Waals surface area (Å²) in [6.07, 6.45) is 2.20. The number of hydrogen-bond acceptors (Lipinski definition) is 5. The lowest BCUT2D eigenvalue weighted by Crippen LogP contribution is -2.36. The van der Waals surface area contributed by atoms with Gasteiger partial charge < -0.3 is 15.1 Å². The third-order valence-corrected chi connectivity index (χ3v) is 5.03.